The molecule has 1 atom stereocenters. The molecule has 2 nitrogen and oxygen atoms in total. The molecule has 0 saturated carbocycles. The highest BCUT2D eigenvalue weighted by Gasteiger charge is 2.39. The van der Waals surface area contributed by atoms with Crippen LogP contribution in [0.25, 0.3) is 0 Å². The third-order valence-electron chi connectivity index (χ3n) is 1.58. The van der Waals surface area contributed by atoms with Crippen LogP contribution >= 0.6 is 11.3 Å². The number of alkyl halides is 3. The minimum atomic E-state index is -4.81. The molecule has 0 radical (unpaired) electrons. The maximum atomic E-state index is 11.8. The summed E-state index contributed by atoms with van der Waals surface area (Å²) in [6.45, 7) is 1.51. The predicted molar refractivity (Wildman–Crippen MR) is 46.9 cm³/mol. The Hall–Kier alpha value is -1.04. The SMILES string of the molecule is CC(NC(=O)C(F)(F)F)c1cccs1. The molecule has 0 spiro atoms. The average Bonchev–Trinajstić information content (AvgIpc) is 2.53. The van der Waals surface area contributed by atoms with Gasteiger partial charge in [0.2, 0.25) is 0 Å². The number of halogens is 3. The van der Waals surface area contributed by atoms with Gasteiger partial charge in [-0.05, 0) is 18.4 Å². The highest BCUT2D eigenvalue weighted by atomic mass is 32.1. The summed E-state index contributed by atoms with van der Waals surface area (Å²) in [6.07, 6.45) is -4.81. The van der Waals surface area contributed by atoms with Gasteiger partial charge < -0.3 is 5.32 Å². The standard InChI is InChI=1S/C8H8F3NOS/c1-5(6-3-2-4-14-6)12-7(13)8(9,10)11/h2-5H,1H3,(H,12,13). The van der Waals surface area contributed by atoms with E-state index in [0.717, 1.165) is 0 Å². The monoisotopic (exact) mass is 223 g/mol. The molecular formula is C8H8F3NOS. The first kappa shape index (κ1) is 11.0. The lowest BCUT2D eigenvalue weighted by molar-refractivity contribution is -0.174. The van der Waals surface area contributed by atoms with E-state index in [1.807, 2.05) is 5.32 Å². The van der Waals surface area contributed by atoms with Crippen molar-refractivity contribution in [2.75, 3.05) is 0 Å². The van der Waals surface area contributed by atoms with Gasteiger partial charge in [-0.3, -0.25) is 4.79 Å². The Morgan fingerprint density at radius 1 is 1.57 bits per heavy atom. The number of thiophene rings is 1. The molecule has 1 rings (SSSR count). The number of rotatable bonds is 2. The van der Waals surface area contributed by atoms with Crippen LogP contribution in [0, 0.1) is 0 Å². The van der Waals surface area contributed by atoms with E-state index in [4.69, 9.17) is 0 Å². The van der Waals surface area contributed by atoms with Gasteiger partial charge in [0.05, 0.1) is 6.04 Å². The molecule has 0 bridgehead atoms. The molecule has 0 aliphatic rings. The summed E-state index contributed by atoms with van der Waals surface area (Å²) in [6, 6.07) is 2.78. The Bertz CT molecular complexity index is 307. The number of hydrogen-bond acceptors (Lipinski definition) is 2. The largest absolute Gasteiger partial charge is 0.471 e. The van der Waals surface area contributed by atoms with E-state index in [-0.39, 0.29) is 0 Å². The summed E-state index contributed by atoms with van der Waals surface area (Å²) < 4.78 is 35.5. The van der Waals surface area contributed by atoms with Crippen molar-refractivity contribution < 1.29 is 18.0 Å². The lowest BCUT2D eigenvalue weighted by Gasteiger charge is -2.13. The average molecular weight is 223 g/mol. The Labute approximate surface area is 82.7 Å². The number of carbonyl (C=O) groups is 1. The highest BCUT2D eigenvalue weighted by Crippen LogP contribution is 2.21. The van der Waals surface area contributed by atoms with Gasteiger partial charge in [-0.25, -0.2) is 0 Å². The molecule has 6 heteroatoms. The van der Waals surface area contributed by atoms with Crippen LogP contribution in [-0.4, -0.2) is 12.1 Å². The first-order valence-corrected chi connectivity index (χ1v) is 4.70. The number of hydrogen-bond donors (Lipinski definition) is 1. The minimum Gasteiger partial charge on any atom is -0.341 e. The molecule has 0 aliphatic heterocycles. The Kier molecular flexibility index (Phi) is 3.15. The molecule has 1 amide bonds. The van der Waals surface area contributed by atoms with Crippen LogP contribution in [-0.2, 0) is 4.79 Å². The second kappa shape index (κ2) is 4.00. The highest BCUT2D eigenvalue weighted by molar-refractivity contribution is 7.10. The van der Waals surface area contributed by atoms with Gasteiger partial charge in [-0.1, -0.05) is 6.07 Å². The van der Waals surface area contributed by atoms with Crippen LogP contribution < -0.4 is 5.32 Å². The van der Waals surface area contributed by atoms with Crippen LogP contribution in [0.5, 0.6) is 0 Å². The molecule has 0 saturated heterocycles. The molecule has 1 unspecified atom stereocenters. The van der Waals surface area contributed by atoms with Gasteiger partial charge >= 0.3 is 12.1 Å². The third-order valence-corrected chi connectivity index (χ3v) is 2.63. The van der Waals surface area contributed by atoms with Crippen molar-refractivity contribution in [1.82, 2.24) is 5.32 Å². The molecule has 14 heavy (non-hydrogen) atoms. The van der Waals surface area contributed by atoms with Crippen molar-refractivity contribution >= 4 is 17.2 Å². The summed E-state index contributed by atoms with van der Waals surface area (Å²) >= 11 is 1.30. The van der Waals surface area contributed by atoms with Crippen LogP contribution in [0.2, 0.25) is 0 Å². The fraction of sp³-hybridized carbons (Fsp3) is 0.375. The summed E-state index contributed by atoms with van der Waals surface area (Å²) in [7, 11) is 0. The molecule has 78 valence electrons. The van der Waals surface area contributed by atoms with Gasteiger partial charge in [-0.15, -0.1) is 11.3 Å². The van der Waals surface area contributed by atoms with E-state index in [9.17, 15) is 18.0 Å². The predicted octanol–water partition coefficient (Wildman–Crippen LogP) is 2.49. The first-order valence-electron chi connectivity index (χ1n) is 3.82. The van der Waals surface area contributed by atoms with Crippen LogP contribution in [0.1, 0.15) is 17.8 Å². The van der Waals surface area contributed by atoms with Crippen molar-refractivity contribution in [2.45, 2.75) is 19.1 Å². The van der Waals surface area contributed by atoms with Crippen molar-refractivity contribution in [3.8, 4) is 0 Å². The lowest BCUT2D eigenvalue weighted by atomic mass is 10.3. The van der Waals surface area contributed by atoms with Gasteiger partial charge in [0.25, 0.3) is 0 Å². The zero-order chi connectivity index (χ0) is 10.8. The normalized spacial score (nSPS) is 13.7. The molecular weight excluding hydrogens is 215 g/mol. The molecule has 1 heterocycles. The summed E-state index contributed by atoms with van der Waals surface area (Å²) in [5.74, 6) is -1.90. The quantitative estimate of drug-likeness (QED) is 0.820. The first-order chi connectivity index (χ1) is 6.41. The molecule has 1 aromatic rings. The van der Waals surface area contributed by atoms with Crippen LogP contribution in [0.15, 0.2) is 17.5 Å². The zero-order valence-electron chi connectivity index (χ0n) is 7.26. The Balaban J connectivity index is 2.58. The lowest BCUT2D eigenvalue weighted by Crippen LogP contribution is -2.37. The topological polar surface area (TPSA) is 29.1 Å². The molecule has 0 fully saturated rings. The van der Waals surface area contributed by atoms with E-state index in [1.54, 1.807) is 17.5 Å². The number of nitrogens with one attached hydrogen (secondary N) is 1. The van der Waals surface area contributed by atoms with E-state index in [2.05, 4.69) is 0 Å². The van der Waals surface area contributed by atoms with Crippen molar-refractivity contribution in [3.63, 3.8) is 0 Å². The molecule has 0 aliphatic carbocycles. The van der Waals surface area contributed by atoms with E-state index in [0.29, 0.717) is 4.88 Å². The summed E-state index contributed by atoms with van der Waals surface area (Å²) in [4.78, 5) is 11.2. The van der Waals surface area contributed by atoms with Crippen LogP contribution in [0.4, 0.5) is 13.2 Å². The molecule has 0 aromatic carbocycles. The smallest absolute Gasteiger partial charge is 0.341 e. The maximum Gasteiger partial charge on any atom is 0.471 e. The van der Waals surface area contributed by atoms with Crippen LogP contribution in [0.3, 0.4) is 0 Å². The van der Waals surface area contributed by atoms with E-state index < -0.39 is 18.1 Å². The number of carbonyl (C=O) groups excluding carboxylic acids is 1. The zero-order valence-corrected chi connectivity index (χ0v) is 8.08. The fourth-order valence-electron chi connectivity index (χ4n) is 0.887. The van der Waals surface area contributed by atoms with Gasteiger partial charge in [0.1, 0.15) is 0 Å². The Morgan fingerprint density at radius 3 is 2.64 bits per heavy atom. The second-order valence-corrected chi connectivity index (χ2v) is 3.69. The summed E-state index contributed by atoms with van der Waals surface area (Å²) in [5.41, 5.74) is 0. The van der Waals surface area contributed by atoms with Gasteiger partial charge in [0.15, 0.2) is 0 Å². The van der Waals surface area contributed by atoms with E-state index >= 15 is 0 Å². The minimum absolute atomic E-state index is 0.607. The summed E-state index contributed by atoms with van der Waals surface area (Å²) in [5, 5.41) is 3.61. The third kappa shape index (κ3) is 2.73. The van der Waals surface area contributed by atoms with Crippen molar-refractivity contribution in [2.24, 2.45) is 0 Å². The fourth-order valence-corrected chi connectivity index (χ4v) is 1.62. The second-order valence-electron chi connectivity index (χ2n) is 2.71. The van der Waals surface area contributed by atoms with E-state index in [1.165, 1.54) is 18.3 Å². The van der Waals surface area contributed by atoms with Crippen molar-refractivity contribution in [3.05, 3.63) is 22.4 Å². The molecule has 1 aromatic heterocycles. The van der Waals surface area contributed by atoms with Crippen molar-refractivity contribution in [1.29, 1.82) is 0 Å². The Morgan fingerprint density at radius 2 is 2.21 bits per heavy atom. The number of amides is 1. The maximum absolute atomic E-state index is 11.8. The molecule has 1 N–H and O–H groups in total. The van der Waals surface area contributed by atoms with Gasteiger partial charge in [0, 0.05) is 4.88 Å². The van der Waals surface area contributed by atoms with Gasteiger partial charge in [-0.2, -0.15) is 13.2 Å².